The summed E-state index contributed by atoms with van der Waals surface area (Å²) in [6.45, 7) is 7.34. The number of anilines is 1. The van der Waals surface area contributed by atoms with E-state index in [1.807, 2.05) is 32.2 Å². The van der Waals surface area contributed by atoms with Crippen LogP contribution in [-0.4, -0.2) is 24.2 Å². The van der Waals surface area contributed by atoms with Gasteiger partial charge in [0.05, 0.1) is 29.1 Å². The zero-order valence-electron chi connectivity index (χ0n) is 14.9. The molecule has 25 heavy (non-hydrogen) atoms. The highest BCUT2D eigenvalue weighted by Gasteiger charge is 2.14. The molecule has 1 aliphatic rings. The van der Waals surface area contributed by atoms with E-state index in [1.54, 1.807) is 0 Å². The molecule has 2 aromatic rings. The third-order valence-corrected chi connectivity index (χ3v) is 4.72. The van der Waals surface area contributed by atoms with Gasteiger partial charge in [-0.15, -0.1) is 0 Å². The molecule has 0 radical (unpaired) electrons. The normalized spacial score (nSPS) is 14.2. The monoisotopic (exact) mass is 359 g/mol. The Kier molecular flexibility index (Phi) is 6.29. The minimum atomic E-state index is 0.216. The lowest BCUT2D eigenvalue weighted by atomic mass is 10.0. The summed E-state index contributed by atoms with van der Waals surface area (Å²) in [7, 11) is 0. The van der Waals surface area contributed by atoms with Crippen molar-refractivity contribution >= 4 is 17.3 Å². The van der Waals surface area contributed by atoms with E-state index in [1.165, 1.54) is 11.1 Å². The zero-order chi connectivity index (χ0) is 17.6. The Bertz CT molecular complexity index is 701. The first-order chi connectivity index (χ1) is 12.1. The SMILES string of the molecule is CC(C)OCc1ccc(CNc2c(Cl)ccc3c2CCNCC3)cn1. The topological polar surface area (TPSA) is 46.2 Å². The van der Waals surface area contributed by atoms with E-state index in [2.05, 4.69) is 27.8 Å². The van der Waals surface area contributed by atoms with E-state index in [0.717, 1.165) is 47.9 Å². The standard InChI is InChI=1S/C20H26ClN3O/c1-14(2)25-13-17-5-3-15(11-23-17)12-24-20-18-8-10-22-9-7-16(18)4-6-19(20)21/h3-6,11,14,22,24H,7-10,12-13H2,1-2H3. The molecule has 5 heteroatoms. The van der Waals surface area contributed by atoms with Crippen LogP contribution in [0, 0.1) is 0 Å². The van der Waals surface area contributed by atoms with Gasteiger partial charge in [-0.1, -0.05) is 23.7 Å². The van der Waals surface area contributed by atoms with Crippen LogP contribution in [0.3, 0.4) is 0 Å². The lowest BCUT2D eigenvalue weighted by Gasteiger charge is -2.16. The molecule has 4 nitrogen and oxygen atoms in total. The van der Waals surface area contributed by atoms with E-state index < -0.39 is 0 Å². The predicted molar refractivity (Wildman–Crippen MR) is 103 cm³/mol. The maximum Gasteiger partial charge on any atom is 0.0891 e. The zero-order valence-corrected chi connectivity index (χ0v) is 15.7. The van der Waals surface area contributed by atoms with Crippen LogP contribution in [0.15, 0.2) is 30.5 Å². The van der Waals surface area contributed by atoms with Crippen molar-refractivity contribution in [3.05, 3.63) is 57.9 Å². The summed E-state index contributed by atoms with van der Waals surface area (Å²) in [6.07, 6.45) is 4.17. The van der Waals surface area contributed by atoms with Gasteiger partial charge >= 0.3 is 0 Å². The Hall–Kier alpha value is -1.62. The van der Waals surface area contributed by atoms with Gasteiger partial charge in [-0.05, 0) is 68.6 Å². The van der Waals surface area contributed by atoms with Gasteiger partial charge in [0.2, 0.25) is 0 Å². The van der Waals surface area contributed by atoms with Crippen molar-refractivity contribution in [3.8, 4) is 0 Å². The molecule has 0 bridgehead atoms. The van der Waals surface area contributed by atoms with Crippen molar-refractivity contribution in [2.24, 2.45) is 0 Å². The minimum absolute atomic E-state index is 0.216. The second-order valence-electron chi connectivity index (χ2n) is 6.68. The number of halogens is 1. The van der Waals surface area contributed by atoms with Gasteiger partial charge in [0.1, 0.15) is 0 Å². The van der Waals surface area contributed by atoms with Crippen LogP contribution in [0.2, 0.25) is 5.02 Å². The summed E-state index contributed by atoms with van der Waals surface area (Å²) in [5.74, 6) is 0. The number of benzene rings is 1. The Morgan fingerprint density at radius 2 is 2.04 bits per heavy atom. The summed E-state index contributed by atoms with van der Waals surface area (Å²) >= 11 is 6.46. The molecule has 0 saturated carbocycles. The van der Waals surface area contributed by atoms with Crippen LogP contribution in [-0.2, 0) is 30.7 Å². The lowest BCUT2D eigenvalue weighted by Crippen LogP contribution is -2.16. The Labute approximate surface area is 155 Å². The number of nitrogens with zero attached hydrogens (tertiary/aromatic N) is 1. The van der Waals surface area contributed by atoms with E-state index in [0.29, 0.717) is 13.2 Å². The van der Waals surface area contributed by atoms with Crippen LogP contribution in [0.4, 0.5) is 5.69 Å². The number of fused-ring (bicyclic) bond motifs is 1. The van der Waals surface area contributed by atoms with Gasteiger partial charge in [-0.25, -0.2) is 0 Å². The Balaban J connectivity index is 1.67. The molecule has 0 amide bonds. The van der Waals surface area contributed by atoms with Crippen molar-refractivity contribution in [2.75, 3.05) is 18.4 Å². The molecule has 1 aliphatic heterocycles. The minimum Gasteiger partial charge on any atom is -0.379 e. The van der Waals surface area contributed by atoms with E-state index in [9.17, 15) is 0 Å². The van der Waals surface area contributed by atoms with Crippen LogP contribution >= 0.6 is 11.6 Å². The number of hydrogen-bond acceptors (Lipinski definition) is 4. The average Bonchev–Trinajstić information content (AvgIpc) is 2.85. The van der Waals surface area contributed by atoms with Gasteiger partial charge in [0, 0.05) is 12.7 Å². The molecule has 0 saturated heterocycles. The van der Waals surface area contributed by atoms with E-state index >= 15 is 0 Å². The van der Waals surface area contributed by atoms with Crippen molar-refractivity contribution in [1.82, 2.24) is 10.3 Å². The van der Waals surface area contributed by atoms with Gasteiger partial charge in [-0.3, -0.25) is 4.98 Å². The van der Waals surface area contributed by atoms with Crippen molar-refractivity contribution in [3.63, 3.8) is 0 Å². The highest BCUT2D eigenvalue weighted by molar-refractivity contribution is 6.33. The quantitative estimate of drug-likeness (QED) is 0.819. The molecular weight excluding hydrogens is 334 g/mol. The first-order valence-corrected chi connectivity index (χ1v) is 9.31. The van der Waals surface area contributed by atoms with Crippen LogP contribution in [0.1, 0.15) is 36.2 Å². The molecule has 134 valence electrons. The molecule has 0 atom stereocenters. The molecule has 1 aromatic heterocycles. The van der Waals surface area contributed by atoms with Crippen molar-refractivity contribution in [2.45, 2.75) is 45.9 Å². The van der Waals surface area contributed by atoms with E-state index in [4.69, 9.17) is 16.3 Å². The van der Waals surface area contributed by atoms with Gasteiger partial charge in [0.25, 0.3) is 0 Å². The molecule has 0 aliphatic carbocycles. The number of aromatic nitrogens is 1. The molecule has 0 fully saturated rings. The van der Waals surface area contributed by atoms with Crippen LogP contribution in [0.5, 0.6) is 0 Å². The second-order valence-corrected chi connectivity index (χ2v) is 7.09. The van der Waals surface area contributed by atoms with E-state index in [-0.39, 0.29) is 6.10 Å². The number of rotatable bonds is 6. The molecule has 1 aromatic carbocycles. The first kappa shape index (κ1) is 18.2. The highest BCUT2D eigenvalue weighted by Crippen LogP contribution is 2.31. The molecule has 0 unspecified atom stereocenters. The average molecular weight is 360 g/mol. The third kappa shape index (κ3) is 4.94. The summed E-state index contributed by atoms with van der Waals surface area (Å²) in [6, 6.07) is 8.27. The van der Waals surface area contributed by atoms with Gasteiger partial charge in [-0.2, -0.15) is 0 Å². The number of pyridine rings is 1. The lowest BCUT2D eigenvalue weighted by molar-refractivity contribution is 0.0636. The second kappa shape index (κ2) is 8.65. The Morgan fingerprint density at radius 1 is 1.20 bits per heavy atom. The summed E-state index contributed by atoms with van der Waals surface area (Å²) in [4.78, 5) is 4.48. The van der Waals surface area contributed by atoms with Crippen LogP contribution in [0.25, 0.3) is 0 Å². The third-order valence-electron chi connectivity index (χ3n) is 4.40. The largest absolute Gasteiger partial charge is 0.379 e. The summed E-state index contributed by atoms with van der Waals surface area (Å²) < 4.78 is 5.59. The molecule has 2 N–H and O–H groups in total. The summed E-state index contributed by atoms with van der Waals surface area (Å²) in [5, 5.41) is 7.76. The molecule has 2 heterocycles. The molecular formula is C20H26ClN3O. The smallest absolute Gasteiger partial charge is 0.0891 e. The first-order valence-electron chi connectivity index (χ1n) is 8.93. The van der Waals surface area contributed by atoms with Crippen LogP contribution < -0.4 is 10.6 Å². The van der Waals surface area contributed by atoms with Gasteiger partial charge in [0.15, 0.2) is 0 Å². The maximum absolute atomic E-state index is 6.46. The van der Waals surface area contributed by atoms with Gasteiger partial charge < -0.3 is 15.4 Å². The fraction of sp³-hybridized carbons (Fsp3) is 0.450. The highest BCUT2D eigenvalue weighted by atomic mass is 35.5. The Morgan fingerprint density at radius 3 is 2.80 bits per heavy atom. The van der Waals surface area contributed by atoms with Crippen molar-refractivity contribution in [1.29, 1.82) is 0 Å². The predicted octanol–water partition coefficient (Wildman–Crippen LogP) is 3.96. The number of nitrogens with one attached hydrogen (secondary N) is 2. The molecule has 0 spiro atoms. The number of ether oxygens (including phenoxy) is 1. The van der Waals surface area contributed by atoms with Crippen molar-refractivity contribution < 1.29 is 4.74 Å². The fourth-order valence-corrected chi connectivity index (χ4v) is 3.27. The maximum atomic E-state index is 6.46. The fourth-order valence-electron chi connectivity index (χ4n) is 3.02. The molecule has 3 rings (SSSR count). The summed E-state index contributed by atoms with van der Waals surface area (Å²) in [5.41, 5.74) is 5.88. The number of hydrogen-bond donors (Lipinski definition) is 2.